The number of aliphatic hydroxyl groups is 2. The molecule has 2 bridgehead atoms. The minimum absolute atomic E-state index is 0.186. The van der Waals surface area contributed by atoms with Crippen molar-refractivity contribution < 1.29 is 28.2 Å². The number of benzene rings is 2. The molecule has 1 saturated carbocycles. The van der Waals surface area contributed by atoms with E-state index in [2.05, 4.69) is 9.62 Å². The van der Waals surface area contributed by atoms with Gasteiger partial charge in [-0.3, -0.25) is 4.79 Å². The molecule has 3 N–H and O–H groups in total. The van der Waals surface area contributed by atoms with Crippen molar-refractivity contribution in [2.45, 2.75) is 75.7 Å². The summed E-state index contributed by atoms with van der Waals surface area (Å²) in [6, 6.07) is 10.9. The number of carbonyl (C=O) groups excluding carboxylic acids is 1. The van der Waals surface area contributed by atoms with Gasteiger partial charge in [-0.15, -0.1) is 0 Å². The highest BCUT2D eigenvalue weighted by Crippen LogP contribution is 2.41. The van der Waals surface area contributed by atoms with E-state index in [1.54, 1.807) is 18.2 Å². The summed E-state index contributed by atoms with van der Waals surface area (Å²) < 4.78 is 34.5. The van der Waals surface area contributed by atoms with E-state index in [4.69, 9.17) is 16.3 Å². The second-order valence-electron chi connectivity index (χ2n) is 11.4. The highest BCUT2D eigenvalue weighted by atomic mass is 35.5. The average molecular weight is 591 g/mol. The lowest BCUT2D eigenvalue weighted by Crippen LogP contribution is -2.44. The van der Waals surface area contributed by atoms with Crippen LogP contribution in [0.3, 0.4) is 0 Å². The second kappa shape index (κ2) is 12.7. The quantitative estimate of drug-likeness (QED) is 0.449. The van der Waals surface area contributed by atoms with Crippen LogP contribution in [0, 0.1) is 11.8 Å². The molecule has 2 heterocycles. The molecule has 2 aromatic rings. The summed E-state index contributed by atoms with van der Waals surface area (Å²) in [7, 11) is -4.09. The van der Waals surface area contributed by atoms with Crippen LogP contribution >= 0.6 is 11.6 Å². The number of nitrogens with one attached hydrogen (secondary N) is 1. The van der Waals surface area contributed by atoms with Gasteiger partial charge in [-0.1, -0.05) is 30.5 Å². The minimum Gasteiger partial charge on any atom is -0.487 e. The molecule has 5 rings (SSSR count). The summed E-state index contributed by atoms with van der Waals surface area (Å²) in [5.41, 5.74) is 3.18. The van der Waals surface area contributed by atoms with Crippen molar-refractivity contribution in [2.24, 2.45) is 11.8 Å². The van der Waals surface area contributed by atoms with E-state index < -0.39 is 33.9 Å². The lowest BCUT2D eigenvalue weighted by molar-refractivity contribution is 0.00931. The molecule has 218 valence electrons. The Kier molecular flexibility index (Phi) is 9.24. The molecular weight excluding hydrogens is 552 g/mol. The van der Waals surface area contributed by atoms with E-state index in [0.29, 0.717) is 42.6 Å². The van der Waals surface area contributed by atoms with E-state index in [0.717, 1.165) is 62.0 Å². The summed E-state index contributed by atoms with van der Waals surface area (Å²) >= 11 is 6.28. The van der Waals surface area contributed by atoms with E-state index in [-0.39, 0.29) is 17.9 Å². The van der Waals surface area contributed by atoms with Crippen LogP contribution in [0.4, 0.5) is 5.69 Å². The molecule has 3 aliphatic rings. The second-order valence-corrected chi connectivity index (χ2v) is 13.8. The van der Waals surface area contributed by atoms with Crippen molar-refractivity contribution >= 4 is 33.2 Å². The summed E-state index contributed by atoms with van der Waals surface area (Å²) in [5, 5.41) is 20.4. The monoisotopic (exact) mass is 590 g/mol. The van der Waals surface area contributed by atoms with Crippen LogP contribution in [0.5, 0.6) is 5.75 Å². The van der Waals surface area contributed by atoms with Crippen molar-refractivity contribution in [3.8, 4) is 5.75 Å². The highest BCUT2D eigenvalue weighted by Gasteiger charge is 2.38. The maximum Gasteiger partial charge on any atom is 0.264 e. The molecule has 2 aliphatic heterocycles. The van der Waals surface area contributed by atoms with Gasteiger partial charge < -0.3 is 19.8 Å². The highest BCUT2D eigenvalue weighted by molar-refractivity contribution is 7.90. The van der Waals surface area contributed by atoms with Gasteiger partial charge in [-0.25, -0.2) is 13.1 Å². The van der Waals surface area contributed by atoms with Crippen LogP contribution in [0.25, 0.3) is 0 Å². The Bertz CT molecular complexity index is 1320. The standard InChI is InChI=1S/C30H39ClN2O6S/c31-24-11-8-23-19-39-29-13-10-21-16-27(29)33(14-4-3-5-20(23)15-24)17-22-9-12-26(22)28(35)7-2-1-6-25(18-34)40(37,38)32-30(21)36/h8,10-11,13,15-16,22,25-26,28,34-35H,1-7,9,12,14,17-19H2,(H,32,36)/t22-,25-,26+,28-/m0/s1. The van der Waals surface area contributed by atoms with Gasteiger partial charge in [0.05, 0.1) is 18.4 Å². The maximum atomic E-state index is 13.2. The number of amides is 1. The predicted octanol–water partition coefficient (Wildman–Crippen LogP) is 4.44. The fourth-order valence-corrected chi connectivity index (χ4v) is 7.66. The van der Waals surface area contributed by atoms with Crippen molar-refractivity contribution in [2.75, 3.05) is 24.6 Å². The zero-order chi connectivity index (χ0) is 28.3. The van der Waals surface area contributed by atoms with Crippen molar-refractivity contribution in [1.82, 2.24) is 4.72 Å². The number of hydrogen-bond acceptors (Lipinski definition) is 7. The number of hydrogen-bond donors (Lipinski definition) is 3. The summed E-state index contributed by atoms with van der Waals surface area (Å²) in [4.78, 5) is 15.4. The van der Waals surface area contributed by atoms with Gasteiger partial charge in [-0.2, -0.15) is 0 Å². The van der Waals surface area contributed by atoms with Gasteiger partial charge >= 0.3 is 0 Å². The van der Waals surface area contributed by atoms with E-state index in [1.165, 1.54) is 0 Å². The number of nitrogens with zero attached hydrogens (tertiary/aromatic N) is 1. The van der Waals surface area contributed by atoms with Crippen LogP contribution in [0.1, 0.15) is 72.9 Å². The lowest BCUT2D eigenvalue weighted by Gasteiger charge is -2.43. The van der Waals surface area contributed by atoms with Gasteiger partial charge in [0.25, 0.3) is 5.91 Å². The maximum absolute atomic E-state index is 13.2. The first-order valence-electron chi connectivity index (χ1n) is 14.4. The normalized spacial score (nSPS) is 27.6. The molecule has 0 spiro atoms. The zero-order valence-electron chi connectivity index (χ0n) is 22.7. The van der Waals surface area contributed by atoms with Gasteiger partial charge in [0.2, 0.25) is 10.0 Å². The Labute approximate surface area is 241 Å². The SMILES string of the molecule is O=C1NS(=O)(=O)[C@H](CO)CCCC[C@H](O)[C@@H]2CC[C@H]2CN2CCCCc3cc(Cl)ccc3COc3ccc1cc32. The molecule has 0 radical (unpaired) electrons. The molecule has 10 heteroatoms. The zero-order valence-corrected chi connectivity index (χ0v) is 24.3. The molecule has 0 saturated heterocycles. The van der Waals surface area contributed by atoms with Crippen LogP contribution < -0.4 is 14.4 Å². The largest absolute Gasteiger partial charge is 0.487 e. The van der Waals surface area contributed by atoms with Crippen LogP contribution in [0.2, 0.25) is 5.02 Å². The molecule has 4 atom stereocenters. The number of sulfonamides is 1. The summed E-state index contributed by atoms with van der Waals surface area (Å²) in [6.07, 6.45) is 6.32. The van der Waals surface area contributed by atoms with Crippen LogP contribution in [-0.2, 0) is 23.1 Å². The molecule has 0 aromatic heterocycles. The van der Waals surface area contributed by atoms with E-state index >= 15 is 0 Å². The number of fused-ring (bicyclic) bond motifs is 3. The lowest BCUT2D eigenvalue weighted by atomic mass is 9.69. The Morgan fingerprint density at radius 1 is 1.00 bits per heavy atom. The third-order valence-electron chi connectivity index (χ3n) is 8.82. The number of aliphatic hydroxyl groups excluding tert-OH is 2. The van der Waals surface area contributed by atoms with E-state index in [9.17, 15) is 23.4 Å². The first-order chi connectivity index (χ1) is 19.2. The number of aryl methyl sites for hydroxylation is 1. The molecule has 2 aromatic carbocycles. The molecule has 1 amide bonds. The van der Waals surface area contributed by atoms with Crippen molar-refractivity contribution in [1.29, 1.82) is 0 Å². The smallest absolute Gasteiger partial charge is 0.264 e. The molecule has 1 fully saturated rings. The van der Waals surface area contributed by atoms with Crippen LogP contribution in [0.15, 0.2) is 36.4 Å². The number of rotatable bonds is 1. The Hall–Kier alpha value is -2.33. The number of anilines is 1. The van der Waals surface area contributed by atoms with Gasteiger partial charge in [0.1, 0.15) is 17.6 Å². The first kappa shape index (κ1) is 29.2. The number of ether oxygens (including phenoxy) is 1. The topological polar surface area (TPSA) is 116 Å². The van der Waals surface area contributed by atoms with Crippen molar-refractivity contribution in [3.05, 3.63) is 58.1 Å². The van der Waals surface area contributed by atoms with Crippen molar-refractivity contribution in [3.63, 3.8) is 0 Å². The third kappa shape index (κ3) is 6.59. The minimum atomic E-state index is -4.09. The summed E-state index contributed by atoms with van der Waals surface area (Å²) in [5.74, 6) is 0.401. The molecule has 40 heavy (non-hydrogen) atoms. The number of halogens is 1. The molecule has 8 nitrogen and oxygen atoms in total. The Balaban J connectivity index is 1.52. The van der Waals surface area contributed by atoms with Crippen LogP contribution in [-0.4, -0.2) is 55.6 Å². The Morgan fingerprint density at radius 2 is 1.82 bits per heavy atom. The Morgan fingerprint density at radius 3 is 2.60 bits per heavy atom. The molecule has 1 aliphatic carbocycles. The van der Waals surface area contributed by atoms with E-state index in [1.807, 2.05) is 18.2 Å². The summed E-state index contributed by atoms with van der Waals surface area (Å²) in [6.45, 7) is 1.24. The fourth-order valence-electron chi connectivity index (χ4n) is 6.25. The molecular formula is C30H39ClN2O6S. The van der Waals surface area contributed by atoms with Gasteiger partial charge in [-0.05, 0) is 98.2 Å². The molecule has 0 unspecified atom stereocenters. The number of carbonyl (C=O) groups is 1. The average Bonchev–Trinajstić information content (AvgIpc) is 2.93. The first-order valence-corrected chi connectivity index (χ1v) is 16.3. The van der Waals surface area contributed by atoms with Gasteiger partial charge in [0, 0.05) is 23.7 Å². The third-order valence-corrected chi connectivity index (χ3v) is 10.8. The van der Waals surface area contributed by atoms with Gasteiger partial charge in [0.15, 0.2) is 0 Å². The predicted molar refractivity (Wildman–Crippen MR) is 155 cm³/mol. The fraction of sp³-hybridized carbons (Fsp3) is 0.567.